The summed E-state index contributed by atoms with van der Waals surface area (Å²) in [6.07, 6.45) is 1.58. The Labute approximate surface area is 159 Å². The van der Waals surface area contributed by atoms with E-state index in [1.54, 1.807) is 42.6 Å². The van der Waals surface area contributed by atoms with Gasteiger partial charge in [-0.2, -0.15) is 14.9 Å². The molecule has 3 rings (SSSR count). The number of methoxy groups -OCH3 is 1. The van der Waals surface area contributed by atoms with E-state index in [0.29, 0.717) is 27.1 Å². The van der Waals surface area contributed by atoms with Crippen molar-refractivity contribution < 1.29 is 14.6 Å². The maximum Gasteiger partial charge on any atom is 0.216 e. The van der Waals surface area contributed by atoms with Crippen molar-refractivity contribution in [2.24, 2.45) is 5.10 Å². The minimum absolute atomic E-state index is 0.0571. The Balaban J connectivity index is 1.77. The molecule has 0 atom stereocenters. The van der Waals surface area contributed by atoms with Gasteiger partial charge in [0.1, 0.15) is 12.4 Å². The van der Waals surface area contributed by atoms with Crippen molar-refractivity contribution in [2.45, 2.75) is 6.61 Å². The Kier molecular flexibility index (Phi) is 5.55. The van der Waals surface area contributed by atoms with E-state index >= 15 is 0 Å². The lowest BCUT2D eigenvalue weighted by atomic mass is 10.2. The van der Waals surface area contributed by atoms with Gasteiger partial charge in [-0.25, -0.2) is 5.10 Å². The summed E-state index contributed by atoms with van der Waals surface area (Å²) in [5, 5.41) is 21.4. The lowest BCUT2D eigenvalue weighted by molar-refractivity contribution is 0.290. The van der Waals surface area contributed by atoms with Gasteiger partial charge in [0.2, 0.25) is 4.77 Å². The van der Waals surface area contributed by atoms with E-state index in [9.17, 15) is 5.11 Å². The molecule has 0 aliphatic rings. The molecular formula is C17H15ClN4O3S. The van der Waals surface area contributed by atoms with Crippen LogP contribution in [0.4, 0.5) is 0 Å². The van der Waals surface area contributed by atoms with Crippen molar-refractivity contribution in [2.75, 3.05) is 7.11 Å². The topological polar surface area (TPSA) is 84.7 Å². The highest BCUT2D eigenvalue weighted by Gasteiger charge is 2.07. The van der Waals surface area contributed by atoms with Gasteiger partial charge in [-0.05, 0) is 60.2 Å². The van der Waals surface area contributed by atoms with Gasteiger partial charge in [0.05, 0.1) is 13.3 Å². The monoisotopic (exact) mass is 390 g/mol. The first-order valence-corrected chi connectivity index (χ1v) is 8.31. The Bertz CT molecular complexity index is 982. The first-order valence-electron chi connectivity index (χ1n) is 7.53. The van der Waals surface area contributed by atoms with Crippen LogP contribution >= 0.6 is 23.8 Å². The molecule has 134 valence electrons. The number of hydrogen-bond acceptors (Lipinski definition) is 6. The van der Waals surface area contributed by atoms with Gasteiger partial charge in [-0.3, -0.25) is 0 Å². The average Bonchev–Trinajstić information content (AvgIpc) is 3.00. The number of rotatable bonds is 6. The number of halogens is 1. The number of ether oxygens (including phenoxy) is 2. The molecule has 0 saturated carbocycles. The van der Waals surface area contributed by atoms with E-state index in [4.69, 9.17) is 33.3 Å². The Morgan fingerprint density at radius 2 is 2.08 bits per heavy atom. The van der Waals surface area contributed by atoms with Gasteiger partial charge in [-0.15, -0.1) is 0 Å². The van der Waals surface area contributed by atoms with Crippen LogP contribution in [0.15, 0.2) is 47.6 Å². The molecule has 0 spiro atoms. The zero-order chi connectivity index (χ0) is 18.5. The van der Waals surface area contributed by atoms with E-state index in [2.05, 4.69) is 15.3 Å². The van der Waals surface area contributed by atoms with Crippen LogP contribution in [0, 0.1) is 4.77 Å². The highest BCUT2D eigenvalue weighted by atomic mass is 35.5. The Morgan fingerprint density at radius 3 is 2.81 bits per heavy atom. The van der Waals surface area contributed by atoms with E-state index < -0.39 is 0 Å². The molecule has 26 heavy (non-hydrogen) atoms. The third kappa shape index (κ3) is 4.22. The second-order valence-electron chi connectivity index (χ2n) is 5.18. The van der Waals surface area contributed by atoms with Crippen molar-refractivity contribution in [1.82, 2.24) is 14.9 Å². The van der Waals surface area contributed by atoms with Crippen molar-refractivity contribution in [3.63, 3.8) is 0 Å². The number of benzene rings is 2. The summed E-state index contributed by atoms with van der Waals surface area (Å²) in [5.41, 5.74) is 0.729. The van der Waals surface area contributed by atoms with Crippen molar-refractivity contribution in [3.05, 3.63) is 63.6 Å². The number of phenolic OH excluding ortho intramolecular Hbond substituents is 1. The number of nitrogens with zero attached hydrogens (tertiary/aromatic N) is 3. The standard InChI is InChI=1S/C17H15ClN4O3S/c1-24-15-8-11(2-7-14(15)23)9-19-22-16(20-21-17(22)26)10-25-13-5-3-12(18)4-6-13/h2-9,23H,10H2,1H3,(H,21,26)/b19-9+. The lowest BCUT2D eigenvalue weighted by Gasteiger charge is -2.06. The van der Waals surface area contributed by atoms with E-state index in [-0.39, 0.29) is 12.4 Å². The van der Waals surface area contributed by atoms with Crippen LogP contribution in [0.1, 0.15) is 11.4 Å². The zero-order valence-electron chi connectivity index (χ0n) is 13.7. The zero-order valence-corrected chi connectivity index (χ0v) is 15.3. The third-order valence-electron chi connectivity index (χ3n) is 3.43. The molecule has 0 unspecified atom stereocenters. The van der Waals surface area contributed by atoms with Crippen LogP contribution in [-0.4, -0.2) is 33.3 Å². The smallest absolute Gasteiger partial charge is 0.216 e. The number of nitrogens with one attached hydrogen (secondary N) is 1. The fourth-order valence-electron chi connectivity index (χ4n) is 2.11. The molecule has 1 aromatic heterocycles. The Morgan fingerprint density at radius 1 is 1.31 bits per heavy atom. The van der Waals surface area contributed by atoms with E-state index in [1.165, 1.54) is 17.9 Å². The van der Waals surface area contributed by atoms with Crippen LogP contribution in [0.25, 0.3) is 0 Å². The van der Waals surface area contributed by atoms with Gasteiger partial charge >= 0.3 is 0 Å². The maximum absolute atomic E-state index is 9.64. The average molecular weight is 391 g/mol. The summed E-state index contributed by atoms with van der Waals surface area (Å²) in [6, 6.07) is 11.9. The first kappa shape index (κ1) is 18.0. The van der Waals surface area contributed by atoms with Crippen molar-refractivity contribution >= 4 is 30.0 Å². The fourth-order valence-corrected chi connectivity index (χ4v) is 2.44. The SMILES string of the molecule is COc1cc(/C=N/n2c(COc3ccc(Cl)cc3)n[nH]c2=S)ccc1O. The number of H-pyrrole nitrogens is 1. The summed E-state index contributed by atoms with van der Waals surface area (Å²) >= 11 is 11.1. The summed E-state index contributed by atoms with van der Waals surface area (Å²) in [5.74, 6) is 1.58. The molecule has 3 aromatic rings. The molecule has 7 nitrogen and oxygen atoms in total. The van der Waals surface area contributed by atoms with Crippen LogP contribution in [0.2, 0.25) is 5.02 Å². The van der Waals surface area contributed by atoms with Gasteiger partial charge < -0.3 is 14.6 Å². The molecule has 9 heteroatoms. The van der Waals surface area contributed by atoms with Gasteiger partial charge in [-0.1, -0.05) is 11.6 Å². The molecule has 2 aromatic carbocycles. The lowest BCUT2D eigenvalue weighted by Crippen LogP contribution is -2.04. The molecule has 2 N–H and O–H groups in total. The summed E-state index contributed by atoms with van der Waals surface area (Å²) in [6.45, 7) is 0.172. The highest BCUT2D eigenvalue weighted by Crippen LogP contribution is 2.25. The number of aromatic nitrogens is 3. The molecule has 0 saturated heterocycles. The van der Waals surface area contributed by atoms with Gasteiger partial charge in [0.25, 0.3) is 0 Å². The van der Waals surface area contributed by atoms with Crippen LogP contribution < -0.4 is 9.47 Å². The van der Waals surface area contributed by atoms with Gasteiger partial charge in [0.15, 0.2) is 17.3 Å². The molecule has 0 radical (unpaired) electrons. The van der Waals surface area contributed by atoms with Crippen molar-refractivity contribution in [3.8, 4) is 17.2 Å². The molecule has 0 fully saturated rings. The van der Waals surface area contributed by atoms with Crippen LogP contribution in [0.3, 0.4) is 0 Å². The number of aromatic hydroxyl groups is 1. The summed E-state index contributed by atoms with van der Waals surface area (Å²) < 4.78 is 12.5. The minimum atomic E-state index is 0.0571. The van der Waals surface area contributed by atoms with Crippen LogP contribution in [-0.2, 0) is 6.61 Å². The number of aromatic amines is 1. The minimum Gasteiger partial charge on any atom is -0.504 e. The molecule has 0 aliphatic carbocycles. The summed E-state index contributed by atoms with van der Waals surface area (Å²) in [7, 11) is 1.48. The second kappa shape index (κ2) is 8.03. The number of phenols is 1. The number of hydrogen-bond donors (Lipinski definition) is 2. The third-order valence-corrected chi connectivity index (χ3v) is 3.94. The second-order valence-corrected chi connectivity index (χ2v) is 6.00. The quantitative estimate of drug-likeness (QED) is 0.494. The van der Waals surface area contributed by atoms with E-state index in [0.717, 1.165) is 5.56 Å². The highest BCUT2D eigenvalue weighted by molar-refractivity contribution is 7.71. The fraction of sp³-hybridized carbons (Fsp3) is 0.118. The van der Waals surface area contributed by atoms with E-state index in [1.807, 2.05) is 0 Å². The normalized spacial score (nSPS) is 11.0. The van der Waals surface area contributed by atoms with Gasteiger partial charge in [0, 0.05) is 5.02 Å². The Hall–Kier alpha value is -2.84. The molecule has 1 heterocycles. The predicted octanol–water partition coefficient (Wildman–Crippen LogP) is 3.77. The largest absolute Gasteiger partial charge is 0.504 e. The van der Waals surface area contributed by atoms with Crippen molar-refractivity contribution in [1.29, 1.82) is 0 Å². The first-order chi connectivity index (χ1) is 12.6. The summed E-state index contributed by atoms with van der Waals surface area (Å²) in [4.78, 5) is 0. The maximum atomic E-state index is 9.64. The molecule has 0 amide bonds. The molecule has 0 bridgehead atoms. The van der Waals surface area contributed by atoms with Crippen LogP contribution in [0.5, 0.6) is 17.2 Å². The molecular weight excluding hydrogens is 376 g/mol. The predicted molar refractivity (Wildman–Crippen MR) is 101 cm³/mol. The molecule has 0 aliphatic heterocycles.